The Morgan fingerprint density at radius 3 is 2.82 bits per heavy atom. The number of phenolic OH excluding ortho intramolecular Hbond substituents is 1. The molecule has 1 amide bonds. The Labute approximate surface area is 195 Å². The van der Waals surface area contributed by atoms with Gasteiger partial charge in [-0.15, -0.1) is 0 Å². The summed E-state index contributed by atoms with van der Waals surface area (Å²) >= 11 is 0. The van der Waals surface area contributed by atoms with Gasteiger partial charge in [0.15, 0.2) is 17.3 Å². The number of ether oxygens (including phenoxy) is 1. The van der Waals surface area contributed by atoms with Crippen LogP contribution in [0.2, 0.25) is 0 Å². The minimum Gasteiger partial charge on any atom is -0.504 e. The number of fused-ring (bicyclic) bond motifs is 1. The number of aryl methyl sites for hydroxylation is 1. The van der Waals surface area contributed by atoms with E-state index in [1.807, 2.05) is 35.0 Å². The maximum Gasteiger partial charge on any atom is 0.227 e. The summed E-state index contributed by atoms with van der Waals surface area (Å²) in [5.41, 5.74) is 1.61. The van der Waals surface area contributed by atoms with Crippen LogP contribution in [0.1, 0.15) is 35.1 Å². The van der Waals surface area contributed by atoms with Gasteiger partial charge in [-0.3, -0.25) is 9.59 Å². The highest BCUT2D eigenvalue weighted by atomic mass is 16.5. The number of rotatable bonds is 8. The van der Waals surface area contributed by atoms with Gasteiger partial charge in [0.25, 0.3) is 0 Å². The summed E-state index contributed by atoms with van der Waals surface area (Å²) in [5.74, 6) is -1.23. The molecule has 176 valence electrons. The van der Waals surface area contributed by atoms with Gasteiger partial charge in [-0.05, 0) is 36.8 Å². The van der Waals surface area contributed by atoms with Gasteiger partial charge in [-0.2, -0.15) is 0 Å². The smallest absolute Gasteiger partial charge is 0.227 e. The maximum atomic E-state index is 12.8. The molecule has 0 saturated heterocycles. The van der Waals surface area contributed by atoms with Crippen molar-refractivity contribution in [3.05, 3.63) is 87.9 Å². The van der Waals surface area contributed by atoms with Crippen LogP contribution in [-0.4, -0.2) is 39.2 Å². The second-order valence-electron chi connectivity index (χ2n) is 7.92. The summed E-state index contributed by atoms with van der Waals surface area (Å²) in [6.45, 7) is 1.95. The molecule has 3 heterocycles. The van der Waals surface area contributed by atoms with Crippen LogP contribution in [0.4, 0.5) is 0 Å². The Morgan fingerprint density at radius 2 is 2.06 bits per heavy atom. The average Bonchev–Trinajstić information content (AvgIpc) is 3.23. The molecule has 34 heavy (non-hydrogen) atoms. The summed E-state index contributed by atoms with van der Waals surface area (Å²) in [7, 11) is 1.41. The number of hydrogen-bond acceptors (Lipinski definition) is 7. The molecule has 0 saturated carbocycles. The molecule has 1 atom stereocenters. The zero-order chi connectivity index (χ0) is 24.2. The summed E-state index contributed by atoms with van der Waals surface area (Å²) in [6, 6.07) is 11.5. The lowest BCUT2D eigenvalue weighted by Gasteiger charge is -2.19. The number of amides is 1. The van der Waals surface area contributed by atoms with Crippen LogP contribution >= 0.6 is 0 Å². The molecule has 9 nitrogen and oxygen atoms in total. The quantitative estimate of drug-likeness (QED) is 0.367. The SMILES string of the molecule is COc1cc([C@@H](CC(=O)NCCc2cn3ccccc3n2)c2oc(C)cc(=O)c2O)ccc1O. The molecule has 0 radical (unpaired) electrons. The Morgan fingerprint density at radius 1 is 1.24 bits per heavy atom. The van der Waals surface area contributed by atoms with Crippen LogP contribution in [0.5, 0.6) is 17.2 Å². The highest BCUT2D eigenvalue weighted by molar-refractivity contribution is 5.77. The van der Waals surface area contributed by atoms with E-state index >= 15 is 0 Å². The Hall–Kier alpha value is -4.27. The van der Waals surface area contributed by atoms with Crippen LogP contribution in [0, 0.1) is 6.92 Å². The van der Waals surface area contributed by atoms with Gasteiger partial charge in [-0.25, -0.2) is 4.98 Å². The van der Waals surface area contributed by atoms with Crippen LogP contribution < -0.4 is 15.5 Å². The van der Waals surface area contributed by atoms with Crippen molar-refractivity contribution in [3.63, 3.8) is 0 Å². The molecule has 9 heteroatoms. The number of imidazole rings is 1. The average molecular weight is 463 g/mol. The molecule has 3 N–H and O–H groups in total. The van der Waals surface area contributed by atoms with Crippen LogP contribution in [0.15, 0.2) is 64.1 Å². The number of phenols is 1. The summed E-state index contributed by atoms with van der Waals surface area (Å²) < 4.78 is 12.8. The molecule has 0 aliphatic heterocycles. The van der Waals surface area contributed by atoms with E-state index in [9.17, 15) is 19.8 Å². The van der Waals surface area contributed by atoms with Crippen LogP contribution in [0.3, 0.4) is 0 Å². The first-order valence-electron chi connectivity index (χ1n) is 10.8. The van der Waals surface area contributed by atoms with Crippen molar-refractivity contribution in [2.24, 2.45) is 0 Å². The van der Waals surface area contributed by atoms with E-state index in [-0.39, 0.29) is 29.6 Å². The highest BCUT2D eigenvalue weighted by Crippen LogP contribution is 2.37. The molecule has 0 unspecified atom stereocenters. The molecule has 4 aromatic rings. The molecular formula is C25H25N3O6. The second-order valence-corrected chi connectivity index (χ2v) is 7.92. The van der Waals surface area contributed by atoms with Crippen molar-refractivity contribution in [3.8, 4) is 17.2 Å². The molecule has 0 aliphatic carbocycles. The lowest BCUT2D eigenvalue weighted by molar-refractivity contribution is -0.121. The number of aromatic nitrogens is 2. The summed E-state index contributed by atoms with van der Waals surface area (Å²) in [4.78, 5) is 29.5. The van der Waals surface area contributed by atoms with Gasteiger partial charge in [-0.1, -0.05) is 12.1 Å². The van der Waals surface area contributed by atoms with Gasteiger partial charge < -0.3 is 29.1 Å². The van der Waals surface area contributed by atoms with Crippen molar-refractivity contribution >= 4 is 11.6 Å². The van der Waals surface area contributed by atoms with E-state index in [0.717, 1.165) is 11.3 Å². The number of aromatic hydroxyl groups is 2. The molecule has 3 aromatic heterocycles. The second kappa shape index (κ2) is 9.70. The first kappa shape index (κ1) is 22.9. The Bertz CT molecular complexity index is 1360. The van der Waals surface area contributed by atoms with Gasteiger partial charge in [0.05, 0.1) is 18.7 Å². The number of pyridine rings is 1. The zero-order valence-corrected chi connectivity index (χ0v) is 18.8. The largest absolute Gasteiger partial charge is 0.504 e. The number of nitrogens with zero attached hydrogens (tertiary/aromatic N) is 2. The van der Waals surface area contributed by atoms with Crippen molar-refractivity contribution in [2.45, 2.75) is 25.7 Å². The predicted molar refractivity (Wildman–Crippen MR) is 124 cm³/mol. The predicted octanol–water partition coefficient (Wildman–Crippen LogP) is 2.90. The zero-order valence-electron chi connectivity index (χ0n) is 18.8. The van der Waals surface area contributed by atoms with Gasteiger partial charge >= 0.3 is 0 Å². The number of methoxy groups -OCH3 is 1. The Kier molecular flexibility index (Phi) is 6.53. The number of benzene rings is 1. The third-order valence-corrected chi connectivity index (χ3v) is 5.50. The van der Waals surface area contributed by atoms with Crippen molar-refractivity contribution in [2.75, 3.05) is 13.7 Å². The fourth-order valence-corrected chi connectivity index (χ4v) is 3.83. The lowest BCUT2D eigenvalue weighted by atomic mass is 9.91. The van der Waals surface area contributed by atoms with Crippen molar-refractivity contribution in [1.82, 2.24) is 14.7 Å². The lowest BCUT2D eigenvalue weighted by Crippen LogP contribution is -2.27. The molecule has 0 aliphatic rings. The third-order valence-electron chi connectivity index (χ3n) is 5.50. The molecule has 0 bridgehead atoms. The minimum atomic E-state index is -0.780. The number of carbonyl (C=O) groups is 1. The van der Waals surface area contributed by atoms with E-state index in [1.54, 1.807) is 19.1 Å². The van der Waals surface area contributed by atoms with Gasteiger partial charge in [0.1, 0.15) is 11.4 Å². The standard InChI is InChI=1S/C25H25N3O6/c1-15-11-20(30)24(32)25(34-15)18(16-6-7-19(29)21(12-16)33-2)13-23(31)26-9-8-17-14-28-10-4-3-5-22(28)27-17/h3-7,10-12,14,18,29,32H,8-9,13H2,1-2H3,(H,26,31)/t18-/m1/s1. The van der Waals surface area contributed by atoms with E-state index in [1.165, 1.54) is 19.2 Å². The van der Waals surface area contributed by atoms with Gasteiger partial charge in [0.2, 0.25) is 17.1 Å². The third kappa shape index (κ3) is 4.88. The monoisotopic (exact) mass is 463 g/mol. The van der Waals surface area contributed by atoms with Gasteiger partial charge in [0, 0.05) is 37.8 Å². The van der Waals surface area contributed by atoms with E-state index in [0.29, 0.717) is 24.3 Å². The first-order chi connectivity index (χ1) is 16.4. The molecule has 0 fully saturated rings. The first-order valence-corrected chi connectivity index (χ1v) is 10.8. The molecular weight excluding hydrogens is 438 g/mol. The molecule has 0 spiro atoms. The van der Waals surface area contributed by atoms with Crippen LogP contribution in [0.25, 0.3) is 5.65 Å². The van der Waals surface area contributed by atoms with E-state index < -0.39 is 17.1 Å². The fourth-order valence-electron chi connectivity index (χ4n) is 3.83. The Balaban J connectivity index is 1.54. The maximum absolute atomic E-state index is 12.8. The van der Waals surface area contributed by atoms with Crippen molar-refractivity contribution < 1.29 is 24.2 Å². The summed E-state index contributed by atoms with van der Waals surface area (Å²) in [6.07, 6.45) is 4.25. The van der Waals surface area contributed by atoms with E-state index in [2.05, 4.69) is 10.3 Å². The molecule has 1 aromatic carbocycles. The van der Waals surface area contributed by atoms with Crippen molar-refractivity contribution in [1.29, 1.82) is 0 Å². The fraction of sp³-hybridized carbons (Fsp3) is 0.240. The van der Waals surface area contributed by atoms with E-state index in [4.69, 9.17) is 9.15 Å². The number of carbonyl (C=O) groups excluding carboxylic acids is 1. The summed E-state index contributed by atoms with van der Waals surface area (Å²) in [5, 5.41) is 23.2. The minimum absolute atomic E-state index is 0.0201. The van der Waals surface area contributed by atoms with Crippen LogP contribution in [-0.2, 0) is 11.2 Å². The molecule has 4 rings (SSSR count). The highest BCUT2D eigenvalue weighted by Gasteiger charge is 2.26. The normalized spacial score (nSPS) is 11.9. The number of nitrogens with one attached hydrogen (secondary N) is 1. The number of hydrogen-bond donors (Lipinski definition) is 3. The topological polar surface area (TPSA) is 126 Å².